The zero-order valence-corrected chi connectivity index (χ0v) is 11.0. The van der Waals surface area contributed by atoms with E-state index >= 15 is 0 Å². The van der Waals surface area contributed by atoms with E-state index in [1.54, 1.807) is 12.1 Å². The molecule has 18 heavy (non-hydrogen) atoms. The number of ether oxygens (including phenoxy) is 1. The highest BCUT2D eigenvalue weighted by Gasteiger charge is 2.07. The second-order valence-electron chi connectivity index (χ2n) is 4.07. The summed E-state index contributed by atoms with van der Waals surface area (Å²) in [6.07, 6.45) is 0. The number of para-hydroxylation sites is 2. The Kier molecular flexibility index (Phi) is 6.18. The van der Waals surface area contributed by atoms with Crippen molar-refractivity contribution in [3.05, 3.63) is 24.3 Å². The number of nitrogens with one attached hydrogen (secondary N) is 1. The Balaban J connectivity index is 2.35. The number of nitrogens with two attached hydrogens (primary N) is 1. The molecule has 0 saturated heterocycles. The van der Waals surface area contributed by atoms with Crippen molar-refractivity contribution in [2.45, 2.75) is 6.92 Å². The molecule has 0 aliphatic heterocycles. The number of anilines is 2. The van der Waals surface area contributed by atoms with Crippen LogP contribution in [0.1, 0.15) is 6.92 Å². The van der Waals surface area contributed by atoms with Gasteiger partial charge in [-0.15, -0.1) is 0 Å². The molecule has 0 unspecified atom stereocenters. The number of hydrogen-bond acceptors (Lipinski definition) is 4. The zero-order chi connectivity index (χ0) is 13.4. The molecule has 0 spiro atoms. The van der Waals surface area contributed by atoms with E-state index in [1.165, 1.54) is 0 Å². The molecule has 0 radical (unpaired) electrons. The second-order valence-corrected chi connectivity index (χ2v) is 4.07. The topological polar surface area (TPSA) is 67.6 Å². The lowest BCUT2D eigenvalue weighted by molar-refractivity contribution is -0.117. The summed E-state index contributed by atoms with van der Waals surface area (Å²) in [5, 5.41) is 2.79. The summed E-state index contributed by atoms with van der Waals surface area (Å²) in [5.74, 6) is -0.0769. The molecule has 1 aromatic rings. The SMILES string of the molecule is CCOCCN(C)CC(=O)Nc1ccccc1N. The maximum Gasteiger partial charge on any atom is 0.238 e. The molecule has 0 aliphatic carbocycles. The molecule has 3 N–H and O–H groups in total. The van der Waals surface area contributed by atoms with Gasteiger partial charge >= 0.3 is 0 Å². The van der Waals surface area contributed by atoms with Gasteiger partial charge in [0.1, 0.15) is 0 Å². The lowest BCUT2D eigenvalue weighted by Gasteiger charge is -2.16. The number of likely N-dealkylation sites (N-methyl/N-ethyl adjacent to an activating group) is 1. The van der Waals surface area contributed by atoms with Gasteiger partial charge in [0.05, 0.1) is 24.5 Å². The summed E-state index contributed by atoms with van der Waals surface area (Å²) in [6, 6.07) is 7.21. The first kappa shape index (κ1) is 14.5. The van der Waals surface area contributed by atoms with Crippen LogP contribution < -0.4 is 11.1 Å². The van der Waals surface area contributed by atoms with Gasteiger partial charge < -0.3 is 15.8 Å². The lowest BCUT2D eigenvalue weighted by atomic mass is 10.2. The zero-order valence-electron chi connectivity index (χ0n) is 11.0. The second kappa shape index (κ2) is 7.68. The van der Waals surface area contributed by atoms with Crippen molar-refractivity contribution < 1.29 is 9.53 Å². The van der Waals surface area contributed by atoms with Gasteiger partial charge in [0.15, 0.2) is 0 Å². The Morgan fingerprint density at radius 2 is 2.17 bits per heavy atom. The molecule has 1 aromatic carbocycles. The van der Waals surface area contributed by atoms with Crippen LogP contribution in [0.2, 0.25) is 0 Å². The maximum atomic E-state index is 11.8. The minimum Gasteiger partial charge on any atom is -0.397 e. The van der Waals surface area contributed by atoms with Gasteiger partial charge in [-0.3, -0.25) is 9.69 Å². The number of carbonyl (C=O) groups excluding carboxylic acids is 1. The molecule has 100 valence electrons. The van der Waals surface area contributed by atoms with Crippen molar-refractivity contribution in [1.82, 2.24) is 4.90 Å². The Bertz CT molecular complexity index is 382. The molecule has 1 rings (SSSR count). The molecule has 5 heteroatoms. The number of hydrogen-bond donors (Lipinski definition) is 2. The van der Waals surface area contributed by atoms with Gasteiger partial charge in [-0.05, 0) is 26.1 Å². The van der Waals surface area contributed by atoms with E-state index in [-0.39, 0.29) is 5.91 Å². The van der Waals surface area contributed by atoms with E-state index in [9.17, 15) is 4.79 Å². The standard InChI is InChI=1S/C13H21N3O2/c1-3-18-9-8-16(2)10-13(17)15-12-7-5-4-6-11(12)14/h4-7H,3,8-10,14H2,1-2H3,(H,15,17). The summed E-state index contributed by atoms with van der Waals surface area (Å²) < 4.78 is 5.23. The van der Waals surface area contributed by atoms with Crippen molar-refractivity contribution in [2.24, 2.45) is 0 Å². The van der Waals surface area contributed by atoms with Gasteiger partial charge in [0.2, 0.25) is 5.91 Å². The predicted octanol–water partition coefficient (Wildman–Crippen LogP) is 1.18. The summed E-state index contributed by atoms with van der Waals surface area (Å²) in [6.45, 7) is 4.33. The van der Waals surface area contributed by atoms with Gasteiger partial charge in [-0.25, -0.2) is 0 Å². The van der Waals surface area contributed by atoms with E-state index in [0.717, 1.165) is 6.54 Å². The Labute approximate surface area is 108 Å². The van der Waals surface area contributed by atoms with Crippen molar-refractivity contribution in [2.75, 3.05) is 44.4 Å². The third-order valence-electron chi connectivity index (χ3n) is 2.47. The third-order valence-corrected chi connectivity index (χ3v) is 2.47. The van der Waals surface area contributed by atoms with E-state index in [0.29, 0.717) is 31.1 Å². The number of benzene rings is 1. The van der Waals surface area contributed by atoms with E-state index in [4.69, 9.17) is 10.5 Å². The highest BCUT2D eigenvalue weighted by Crippen LogP contribution is 2.16. The van der Waals surface area contributed by atoms with Crippen LogP contribution in [0.4, 0.5) is 11.4 Å². The van der Waals surface area contributed by atoms with Crippen molar-refractivity contribution >= 4 is 17.3 Å². The molecular weight excluding hydrogens is 230 g/mol. The number of rotatable bonds is 7. The summed E-state index contributed by atoms with van der Waals surface area (Å²) in [7, 11) is 1.88. The molecule has 0 aliphatic rings. The highest BCUT2D eigenvalue weighted by atomic mass is 16.5. The van der Waals surface area contributed by atoms with Crippen molar-refractivity contribution in [3.8, 4) is 0 Å². The van der Waals surface area contributed by atoms with Crippen LogP contribution in [0.25, 0.3) is 0 Å². The Morgan fingerprint density at radius 1 is 1.44 bits per heavy atom. The van der Waals surface area contributed by atoms with Gasteiger partial charge in [-0.1, -0.05) is 12.1 Å². The van der Waals surface area contributed by atoms with Crippen LogP contribution in [-0.2, 0) is 9.53 Å². The maximum absolute atomic E-state index is 11.8. The van der Waals surface area contributed by atoms with E-state index in [1.807, 2.05) is 31.0 Å². The molecule has 1 amide bonds. The fourth-order valence-electron chi connectivity index (χ4n) is 1.49. The van der Waals surface area contributed by atoms with Crippen molar-refractivity contribution in [3.63, 3.8) is 0 Å². The third kappa shape index (κ3) is 5.16. The Hall–Kier alpha value is -1.59. The van der Waals surface area contributed by atoms with Gasteiger partial charge in [0.25, 0.3) is 0 Å². The monoisotopic (exact) mass is 251 g/mol. The van der Waals surface area contributed by atoms with Gasteiger partial charge in [0, 0.05) is 13.2 Å². The van der Waals surface area contributed by atoms with Crippen LogP contribution in [0.5, 0.6) is 0 Å². The largest absolute Gasteiger partial charge is 0.397 e. The summed E-state index contributed by atoms with van der Waals surface area (Å²) in [5.41, 5.74) is 6.98. The molecule has 0 heterocycles. The molecule has 0 saturated carbocycles. The molecule has 0 atom stereocenters. The Morgan fingerprint density at radius 3 is 2.83 bits per heavy atom. The first-order chi connectivity index (χ1) is 8.63. The highest BCUT2D eigenvalue weighted by molar-refractivity contribution is 5.95. The molecule has 5 nitrogen and oxygen atoms in total. The minimum atomic E-state index is -0.0769. The predicted molar refractivity (Wildman–Crippen MR) is 73.5 cm³/mol. The molecule has 0 fully saturated rings. The van der Waals surface area contributed by atoms with Crippen LogP contribution >= 0.6 is 0 Å². The quantitative estimate of drug-likeness (QED) is 0.564. The van der Waals surface area contributed by atoms with Crippen LogP contribution in [0.3, 0.4) is 0 Å². The smallest absolute Gasteiger partial charge is 0.238 e. The van der Waals surface area contributed by atoms with E-state index < -0.39 is 0 Å². The minimum absolute atomic E-state index is 0.0769. The summed E-state index contributed by atoms with van der Waals surface area (Å²) >= 11 is 0. The number of nitrogen functional groups attached to an aromatic ring is 1. The average Bonchev–Trinajstić information content (AvgIpc) is 2.32. The fourth-order valence-corrected chi connectivity index (χ4v) is 1.49. The average molecular weight is 251 g/mol. The number of carbonyl (C=O) groups is 1. The number of amides is 1. The van der Waals surface area contributed by atoms with Crippen LogP contribution in [0, 0.1) is 0 Å². The number of nitrogens with zero attached hydrogens (tertiary/aromatic N) is 1. The fraction of sp³-hybridized carbons (Fsp3) is 0.462. The molecule has 0 aromatic heterocycles. The first-order valence-electron chi connectivity index (χ1n) is 6.04. The lowest BCUT2D eigenvalue weighted by Crippen LogP contribution is -2.32. The molecular formula is C13H21N3O2. The first-order valence-corrected chi connectivity index (χ1v) is 6.04. The molecule has 0 bridgehead atoms. The summed E-state index contributed by atoms with van der Waals surface area (Å²) in [4.78, 5) is 13.7. The van der Waals surface area contributed by atoms with Crippen molar-refractivity contribution in [1.29, 1.82) is 0 Å². The van der Waals surface area contributed by atoms with Crippen LogP contribution in [0.15, 0.2) is 24.3 Å². The van der Waals surface area contributed by atoms with E-state index in [2.05, 4.69) is 5.32 Å². The van der Waals surface area contributed by atoms with Gasteiger partial charge in [-0.2, -0.15) is 0 Å². The van der Waals surface area contributed by atoms with Crippen LogP contribution in [-0.4, -0.2) is 44.2 Å². The normalized spacial score (nSPS) is 10.6.